The second-order valence-corrected chi connectivity index (χ2v) is 4.69. The van der Waals surface area contributed by atoms with Gasteiger partial charge in [-0.15, -0.1) is 0 Å². The molecule has 0 saturated carbocycles. The molecular formula is C14H21N3O3. The number of nitrogens with one attached hydrogen (secondary N) is 1. The number of benzene rings is 1. The quantitative estimate of drug-likeness (QED) is 0.836. The Kier molecular flexibility index (Phi) is 5.83. The second kappa shape index (κ2) is 7.37. The van der Waals surface area contributed by atoms with E-state index in [0.29, 0.717) is 18.7 Å². The minimum atomic E-state index is -1.02. The maximum atomic E-state index is 12.0. The molecule has 0 aliphatic heterocycles. The van der Waals surface area contributed by atoms with Gasteiger partial charge < -0.3 is 20.2 Å². The molecule has 1 rings (SSSR count). The fraction of sp³-hybridized carbons (Fsp3) is 0.429. The maximum absolute atomic E-state index is 12.0. The van der Waals surface area contributed by atoms with Gasteiger partial charge >= 0.3 is 12.0 Å². The number of hydrogen-bond donors (Lipinski definition) is 2. The van der Waals surface area contributed by atoms with E-state index >= 15 is 0 Å². The lowest BCUT2D eigenvalue weighted by Crippen LogP contribution is -2.39. The van der Waals surface area contributed by atoms with Crippen molar-refractivity contribution in [1.29, 1.82) is 0 Å². The largest absolute Gasteiger partial charge is 0.480 e. The summed E-state index contributed by atoms with van der Waals surface area (Å²) in [5, 5.41) is 11.5. The number of aliphatic carboxylic acids is 1. The smallest absolute Gasteiger partial charge is 0.323 e. The number of carboxylic acid groups (broad SMARTS) is 1. The number of hydrogen-bond acceptors (Lipinski definition) is 3. The number of urea groups is 1. The highest BCUT2D eigenvalue weighted by Crippen LogP contribution is 2.16. The van der Waals surface area contributed by atoms with E-state index in [9.17, 15) is 9.59 Å². The third-order valence-electron chi connectivity index (χ3n) is 2.74. The first-order valence-corrected chi connectivity index (χ1v) is 6.49. The molecule has 0 radical (unpaired) electrons. The predicted octanol–water partition coefficient (Wildman–Crippen LogP) is 2.08. The summed E-state index contributed by atoms with van der Waals surface area (Å²) in [4.78, 5) is 26.0. The van der Waals surface area contributed by atoms with Crippen LogP contribution in [0.15, 0.2) is 24.3 Å². The number of carboxylic acids is 1. The molecule has 0 aliphatic carbocycles. The Balaban J connectivity index is 2.69. The third kappa shape index (κ3) is 4.79. The monoisotopic (exact) mass is 279 g/mol. The van der Waals surface area contributed by atoms with Crippen LogP contribution in [-0.2, 0) is 4.79 Å². The van der Waals surface area contributed by atoms with Gasteiger partial charge in [0.05, 0.1) is 0 Å². The van der Waals surface area contributed by atoms with Crippen molar-refractivity contribution in [3.05, 3.63) is 24.3 Å². The summed E-state index contributed by atoms with van der Waals surface area (Å²) in [6, 6.07) is 6.95. The highest BCUT2D eigenvalue weighted by Gasteiger charge is 2.15. The van der Waals surface area contributed by atoms with Gasteiger partial charge in [-0.1, -0.05) is 6.92 Å². The van der Waals surface area contributed by atoms with Crippen LogP contribution < -0.4 is 10.2 Å². The van der Waals surface area contributed by atoms with E-state index in [4.69, 9.17) is 5.11 Å². The van der Waals surface area contributed by atoms with Crippen LogP contribution in [0.4, 0.5) is 16.2 Å². The van der Waals surface area contributed by atoms with Crippen molar-refractivity contribution >= 4 is 23.4 Å². The summed E-state index contributed by atoms with van der Waals surface area (Å²) >= 11 is 0. The van der Waals surface area contributed by atoms with Crippen molar-refractivity contribution in [3.63, 3.8) is 0 Å². The van der Waals surface area contributed by atoms with Crippen LogP contribution in [0.1, 0.15) is 13.3 Å². The number of anilines is 2. The predicted molar refractivity (Wildman–Crippen MR) is 79.3 cm³/mol. The van der Waals surface area contributed by atoms with Crippen molar-refractivity contribution in [1.82, 2.24) is 4.90 Å². The average Bonchev–Trinajstić information content (AvgIpc) is 2.38. The van der Waals surface area contributed by atoms with E-state index in [0.717, 1.165) is 5.69 Å². The van der Waals surface area contributed by atoms with E-state index in [1.807, 2.05) is 38.1 Å². The Morgan fingerprint density at radius 2 is 1.80 bits per heavy atom. The topological polar surface area (TPSA) is 72.9 Å². The summed E-state index contributed by atoms with van der Waals surface area (Å²) in [5.74, 6) is -1.02. The van der Waals surface area contributed by atoms with Gasteiger partial charge in [-0.3, -0.25) is 4.79 Å². The van der Waals surface area contributed by atoms with Crippen LogP contribution in [0.2, 0.25) is 0 Å². The average molecular weight is 279 g/mol. The zero-order chi connectivity index (χ0) is 15.1. The molecule has 0 bridgehead atoms. The Bertz CT molecular complexity index is 457. The highest BCUT2D eigenvalue weighted by molar-refractivity contribution is 5.91. The molecule has 6 nitrogen and oxygen atoms in total. The van der Waals surface area contributed by atoms with Gasteiger partial charge in [-0.25, -0.2) is 4.79 Å². The van der Waals surface area contributed by atoms with Gasteiger partial charge in [-0.2, -0.15) is 0 Å². The van der Waals surface area contributed by atoms with Gasteiger partial charge in [0.15, 0.2) is 0 Å². The van der Waals surface area contributed by atoms with Crippen molar-refractivity contribution in [2.45, 2.75) is 13.3 Å². The third-order valence-corrected chi connectivity index (χ3v) is 2.74. The summed E-state index contributed by atoms with van der Waals surface area (Å²) in [6.07, 6.45) is 0.709. The summed E-state index contributed by atoms with van der Waals surface area (Å²) < 4.78 is 0. The van der Waals surface area contributed by atoms with E-state index in [1.165, 1.54) is 4.90 Å². The summed E-state index contributed by atoms with van der Waals surface area (Å²) in [6.45, 7) is 2.01. The molecule has 1 aromatic rings. The first-order chi connectivity index (χ1) is 9.43. The Morgan fingerprint density at radius 1 is 1.20 bits per heavy atom. The molecule has 0 heterocycles. The molecule has 110 valence electrons. The molecule has 2 N–H and O–H groups in total. The molecular weight excluding hydrogens is 258 g/mol. The lowest BCUT2D eigenvalue weighted by molar-refractivity contribution is -0.137. The van der Waals surface area contributed by atoms with Gasteiger partial charge in [0.25, 0.3) is 0 Å². The highest BCUT2D eigenvalue weighted by atomic mass is 16.4. The molecule has 0 fully saturated rings. The van der Waals surface area contributed by atoms with Crippen LogP contribution in [-0.4, -0.2) is 49.2 Å². The Labute approximate surface area is 119 Å². The number of amides is 2. The van der Waals surface area contributed by atoms with Crippen molar-refractivity contribution in [2.75, 3.05) is 37.4 Å². The first-order valence-electron chi connectivity index (χ1n) is 6.49. The number of rotatable bonds is 6. The Hall–Kier alpha value is -2.24. The molecule has 0 unspecified atom stereocenters. The zero-order valence-electron chi connectivity index (χ0n) is 12.1. The van der Waals surface area contributed by atoms with Crippen LogP contribution in [0.25, 0.3) is 0 Å². The van der Waals surface area contributed by atoms with E-state index < -0.39 is 12.0 Å². The molecule has 6 heteroatoms. The van der Waals surface area contributed by atoms with Gasteiger partial charge in [0, 0.05) is 32.0 Å². The minimum Gasteiger partial charge on any atom is -0.480 e. The van der Waals surface area contributed by atoms with Crippen LogP contribution >= 0.6 is 0 Å². The molecule has 1 aromatic carbocycles. The van der Waals surface area contributed by atoms with Gasteiger partial charge in [0.2, 0.25) is 0 Å². The fourth-order valence-corrected chi connectivity index (χ4v) is 1.73. The van der Waals surface area contributed by atoms with Crippen molar-refractivity contribution in [3.8, 4) is 0 Å². The van der Waals surface area contributed by atoms with Crippen LogP contribution in [0.5, 0.6) is 0 Å². The normalized spacial score (nSPS) is 9.95. The minimum absolute atomic E-state index is 0.296. The number of nitrogens with zero attached hydrogens (tertiary/aromatic N) is 2. The lowest BCUT2D eigenvalue weighted by Gasteiger charge is -2.20. The van der Waals surface area contributed by atoms with E-state index in [-0.39, 0.29) is 6.54 Å². The fourth-order valence-electron chi connectivity index (χ4n) is 1.73. The lowest BCUT2D eigenvalue weighted by atomic mass is 10.2. The van der Waals surface area contributed by atoms with Gasteiger partial charge in [-0.05, 0) is 30.7 Å². The second-order valence-electron chi connectivity index (χ2n) is 4.69. The molecule has 0 saturated heterocycles. The van der Waals surface area contributed by atoms with E-state index in [1.54, 1.807) is 12.1 Å². The van der Waals surface area contributed by atoms with Crippen molar-refractivity contribution < 1.29 is 14.7 Å². The maximum Gasteiger partial charge on any atom is 0.323 e. The van der Waals surface area contributed by atoms with Crippen LogP contribution in [0, 0.1) is 0 Å². The molecule has 2 amide bonds. The first kappa shape index (κ1) is 15.8. The SMILES string of the molecule is CCCN(CC(=O)O)C(=O)Nc1ccc(N(C)C)cc1. The summed E-state index contributed by atoms with van der Waals surface area (Å²) in [7, 11) is 3.87. The number of carbonyl (C=O) groups excluding carboxylic acids is 1. The molecule has 0 atom stereocenters. The van der Waals surface area contributed by atoms with E-state index in [2.05, 4.69) is 5.32 Å². The van der Waals surface area contributed by atoms with Gasteiger partial charge in [0.1, 0.15) is 6.54 Å². The Morgan fingerprint density at radius 3 is 2.25 bits per heavy atom. The number of carbonyl (C=O) groups is 2. The summed E-state index contributed by atoms with van der Waals surface area (Å²) in [5.41, 5.74) is 1.67. The zero-order valence-corrected chi connectivity index (χ0v) is 12.1. The molecule has 0 aliphatic rings. The molecule has 20 heavy (non-hydrogen) atoms. The molecule has 0 spiro atoms. The van der Waals surface area contributed by atoms with Crippen molar-refractivity contribution in [2.24, 2.45) is 0 Å². The van der Waals surface area contributed by atoms with Crippen LogP contribution in [0.3, 0.4) is 0 Å². The molecule has 0 aromatic heterocycles. The standard InChI is InChI=1S/C14H21N3O3/c1-4-9-17(10-13(18)19)14(20)15-11-5-7-12(8-6-11)16(2)3/h5-8H,4,9-10H2,1-3H3,(H,15,20)(H,18,19).